The standard InChI is InChI=1S/C17H12N4O3/c1-24-9-6-7-13-11(8-9)14(17(22)19-13)16-15(20-21-23)10-4-2-3-5-12(10)18-16/h2-8,19,22H,1H3/b20-15+. The van der Waals surface area contributed by atoms with E-state index in [1.807, 2.05) is 24.3 Å². The molecule has 7 heteroatoms. The molecule has 0 atom stereocenters. The molecule has 3 aromatic rings. The molecule has 0 aliphatic carbocycles. The van der Waals surface area contributed by atoms with Gasteiger partial charge < -0.3 is 14.8 Å². The first-order valence-corrected chi connectivity index (χ1v) is 7.20. The molecular weight excluding hydrogens is 308 g/mol. The molecule has 0 saturated heterocycles. The lowest BCUT2D eigenvalue weighted by atomic mass is 10.0. The van der Waals surface area contributed by atoms with Gasteiger partial charge in [0.1, 0.15) is 17.2 Å². The van der Waals surface area contributed by atoms with E-state index in [2.05, 4.69) is 20.4 Å². The number of nitrogens with one attached hydrogen (secondary N) is 1. The van der Waals surface area contributed by atoms with Crippen LogP contribution in [0.4, 0.5) is 5.69 Å². The number of benzene rings is 2. The number of methoxy groups -OCH3 is 1. The molecule has 0 saturated carbocycles. The van der Waals surface area contributed by atoms with Gasteiger partial charge >= 0.3 is 0 Å². The van der Waals surface area contributed by atoms with Crippen molar-refractivity contribution < 1.29 is 9.84 Å². The fourth-order valence-electron chi connectivity index (χ4n) is 2.91. The van der Waals surface area contributed by atoms with Gasteiger partial charge in [-0.15, -0.1) is 10.0 Å². The Morgan fingerprint density at radius 3 is 2.83 bits per heavy atom. The Labute approximate surface area is 136 Å². The molecule has 0 radical (unpaired) electrons. The minimum absolute atomic E-state index is 0.0524. The minimum atomic E-state index is -0.0524. The lowest BCUT2D eigenvalue weighted by Crippen LogP contribution is -2.12. The van der Waals surface area contributed by atoms with Gasteiger partial charge in [-0.05, 0) is 24.3 Å². The third-order valence-corrected chi connectivity index (χ3v) is 3.98. The first-order valence-electron chi connectivity index (χ1n) is 7.20. The van der Waals surface area contributed by atoms with E-state index in [0.717, 1.165) is 10.9 Å². The van der Waals surface area contributed by atoms with Crippen LogP contribution in [0.15, 0.2) is 57.8 Å². The lowest BCUT2D eigenvalue weighted by Gasteiger charge is -2.03. The van der Waals surface area contributed by atoms with E-state index in [4.69, 9.17) is 4.74 Å². The van der Waals surface area contributed by atoms with E-state index in [1.165, 1.54) is 0 Å². The summed E-state index contributed by atoms with van der Waals surface area (Å²) < 4.78 is 5.25. The van der Waals surface area contributed by atoms with Crippen LogP contribution in [0.25, 0.3) is 10.9 Å². The number of hydrogen-bond acceptors (Lipinski definition) is 5. The first-order chi connectivity index (χ1) is 11.7. The number of para-hydroxylation sites is 1. The summed E-state index contributed by atoms with van der Waals surface area (Å²) >= 11 is 0. The Bertz CT molecular complexity index is 1030. The van der Waals surface area contributed by atoms with E-state index in [0.29, 0.717) is 34.0 Å². The smallest absolute Gasteiger partial charge is 0.199 e. The molecule has 118 valence electrons. The van der Waals surface area contributed by atoms with Crippen LogP contribution in [0.1, 0.15) is 11.1 Å². The number of fused-ring (bicyclic) bond motifs is 2. The zero-order valence-corrected chi connectivity index (χ0v) is 12.6. The highest BCUT2D eigenvalue weighted by Gasteiger charge is 2.29. The van der Waals surface area contributed by atoms with Crippen molar-refractivity contribution in [3.05, 3.63) is 58.5 Å². The van der Waals surface area contributed by atoms with E-state index in [1.54, 1.807) is 25.3 Å². The molecule has 0 unspecified atom stereocenters. The lowest BCUT2D eigenvalue weighted by molar-refractivity contribution is 0.415. The second kappa shape index (κ2) is 5.31. The minimum Gasteiger partial charge on any atom is -0.497 e. The van der Waals surface area contributed by atoms with Gasteiger partial charge in [-0.1, -0.05) is 18.2 Å². The highest BCUT2D eigenvalue weighted by molar-refractivity contribution is 6.58. The molecule has 0 bridgehead atoms. The monoisotopic (exact) mass is 320 g/mol. The molecule has 1 aromatic heterocycles. The van der Waals surface area contributed by atoms with Crippen LogP contribution in [0.3, 0.4) is 0 Å². The Kier molecular flexibility index (Phi) is 3.13. The molecule has 1 aliphatic heterocycles. The van der Waals surface area contributed by atoms with Crippen LogP contribution in [0.2, 0.25) is 0 Å². The van der Waals surface area contributed by atoms with Gasteiger partial charge in [-0.25, -0.2) is 4.99 Å². The predicted molar refractivity (Wildman–Crippen MR) is 91.5 cm³/mol. The van der Waals surface area contributed by atoms with Gasteiger partial charge in [0.15, 0.2) is 5.88 Å². The average Bonchev–Trinajstić information content (AvgIpc) is 3.11. The zero-order chi connectivity index (χ0) is 16.7. The van der Waals surface area contributed by atoms with Crippen LogP contribution in [0, 0.1) is 4.91 Å². The fourth-order valence-corrected chi connectivity index (χ4v) is 2.91. The number of ether oxygens (including phenoxy) is 1. The second-order valence-corrected chi connectivity index (χ2v) is 5.27. The number of aromatic hydroxyl groups is 1. The molecule has 0 spiro atoms. The van der Waals surface area contributed by atoms with Crippen molar-refractivity contribution >= 4 is 28.0 Å². The van der Waals surface area contributed by atoms with Gasteiger partial charge in [0.25, 0.3) is 0 Å². The van der Waals surface area contributed by atoms with Crippen LogP contribution in [-0.4, -0.2) is 28.6 Å². The topological polar surface area (TPSA) is 99.4 Å². The maximum atomic E-state index is 10.8. The van der Waals surface area contributed by atoms with Crippen molar-refractivity contribution in [2.24, 2.45) is 15.4 Å². The number of aliphatic imine (C=N–C) groups is 1. The summed E-state index contributed by atoms with van der Waals surface area (Å²) in [6.45, 7) is 0. The summed E-state index contributed by atoms with van der Waals surface area (Å²) in [5.41, 5.74) is 3.28. The molecule has 2 N–H and O–H groups in total. The molecule has 2 heterocycles. The van der Waals surface area contributed by atoms with Gasteiger partial charge in [0, 0.05) is 16.5 Å². The summed E-state index contributed by atoms with van der Waals surface area (Å²) in [5, 5.41) is 17.5. The van der Waals surface area contributed by atoms with Gasteiger partial charge in [-0.3, -0.25) is 0 Å². The Balaban J connectivity index is 1.99. The van der Waals surface area contributed by atoms with Crippen molar-refractivity contribution in [3.8, 4) is 11.6 Å². The predicted octanol–water partition coefficient (Wildman–Crippen LogP) is 3.49. The summed E-state index contributed by atoms with van der Waals surface area (Å²) in [4.78, 5) is 18.2. The number of aromatic nitrogens is 1. The number of nitrogens with zero attached hydrogens (tertiary/aromatic N) is 3. The largest absolute Gasteiger partial charge is 0.497 e. The maximum Gasteiger partial charge on any atom is 0.199 e. The number of aromatic amines is 1. The van der Waals surface area contributed by atoms with Crippen molar-refractivity contribution in [3.63, 3.8) is 0 Å². The SMILES string of the molecule is COc1ccc2[nH]c(O)c(C3=Nc4ccccc4/C3=N\N=O)c2c1. The van der Waals surface area contributed by atoms with Crippen LogP contribution >= 0.6 is 0 Å². The summed E-state index contributed by atoms with van der Waals surface area (Å²) in [7, 11) is 1.57. The third-order valence-electron chi connectivity index (χ3n) is 3.98. The molecule has 2 aromatic carbocycles. The molecule has 0 fully saturated rings. The molecule has 24 heavy (non-hydrogen) atoms. The van der Waals surface area contributed by atoms with E-state index in [-0.39, 0.29) is 5.88 Å². The van der Waals surface area contributed by atoms with Crippen molar-refractivity contribution in [1.29, 1.82) is 0 Å². The molecular formula is C17H12N4O3. The van der Waals surface area contributed by atoms with Gasteiger partial charge in [0.2, 0.25) is 0 Å². The van der Waals surface area contributed by atoms with Gasteiger partial charge in [0.05, 0.1) is 23.6 Å². The number of nitroso groups, excluding NO2 is 1. The van der Waals surface area contributed by atoms with Crippen molar-refractivity contribution in [2.75, 3.05) is 7.11 Å². The maximum absolute atomic E-state index is 10.8. The summed E-state index contributed by atoms with van der Waals surface area (Å²) in [6, 6.07) is 12.7. The van der Waals surface area contributed by atoms with Gasteiger partial charge in [-0.2, -0.15) is 0 Å². The highest BCUT2D eigenvalue weighted by Crippen LogP contribution is 2.36. The Hall–Kier alpha value is -3.48. The third kappa shape index (κ3) is 1.98. The average molecular weight is 320 g/mol. The van der Waals surface area contributed by atoms with E-state index < -0.39 is 0 Å². The molecule has 4 rings (SSSR count). The molecule has 7 nitrogen and oxygen atoms in total. The summed E-state index contributed by atoms with van der Waals surface area (Å²) in [6.07, 6.45) is 0. The quantitative estimate of drug-likeness (QED) is 0.570. The zero-order valence-electron chi connectivity index (χ0n) is 12.6. The molecule has 0 amide bonds. The van der Waals surface area contributed by atoms with Crippen molar-refractivity contribution in [2.45, 2.75) is 0 Å². The molecule has 1 aliphatic rings. The number of rotatable bonds is 3. The van der Waals surface area contributed by atoms with Crippen LogP contribution in [-0.2, 0) is 0 Å². The van der Waals surface area contributed by atoms with Crippen LogP contribution < -0.4 is 4.74 Å². The van der Waals surface area contributed by atoms with Crippen molar-refractivity contribution in [1.82, 2.24) is 4.98 Å². The van der Waals surface area contributed by atoms with E-state index in [9.17, 15) is 10.0 Å². The first kappa shape index (κ1) is 14.1. The fraction of sp³-hybridized carbons (Fsp3) is 0.0588. The van der Waals surface area contributed by atoms with Crippen LogP contribution in [0.5, 0.6) is 11.6 Å². The number of H-pyrrole nitrogens is 1. The Morgan fingerprint density at radius 1 is 1.21 bits per heavy atom. The second-order valence-electron chi connectivity index (χ2n) is 5.27. The van der Waals surface area contributed by atoms with E-state index >= 15 is 0 Å². The normalized spacial score (nSPS) is 14.7. The highest BCUT2D eigenvalue weighted by atomic mass is 16.5. The number of hydrogen-bond donors (Lipinski definition) is 2. The summed E-state index contributed by atoms with van der Waals surface area (Å²) in [5.74, 6) is 0.592. The Morgan fingerprint density at radius 2 is 2.04 bits per heavy atom.